The van der Waals surface area contributed by atoms with Crippen LogP contribution in [0.3, 0.4) is 0 Å². The summed E-state index contributed by atoms with van der Waals surface area (Å²) in [4.78, 5) is 10.7. The summed E-state index contributed by atoms with van der Waals surface area (Å²) in [5.74, 6) is 0.885. The summed E-state index contributed by atoms with van der Waals surface area (Å²) < 4.78 is 4.87. The van der Waals surface area contributed by atoms with Crippen molar-refractivity contribution < 1.29 is 14.6 Å². The van der Waals surface area contributed by atoms with E-state index in [4.69, 9.17) is 9.84 Å². The van der Waals surface area contributed by atoms with Gasteiger partial charge in [0, 0.05) is 5.56 Å². The number of benzene rings is 2. The second kappa shape index (κ2) is 5.16. The van der Waals surface area contributed by atoms with Crippen molar-refractivity contribution >= 4 is 5.97 Å². The maximum Gasteiger partial charge on any atom is 0.315 e. The molecule has 0 radical (unpaired) electrons. The minimum absolute atomic E-state index is 0.152. The number of hydrogen-bond donors (Lipinski definition) is 1. The molecule has 0 aliphatic carbocycles. The summed E-state index contributed by atoms with van der Waals surface area (Å²) in [6.07, 6.45) is 0.427. The lowest BCUT2D eigenvalue weighted by Gasteiger charge is -1.91. The fourth-order valence-electron chi connectivity index (χ4n) is 1.49. The van der Waals surface area contributed by atoms with E-state index in [2.05, 4.69) is 0 Å². The third kappa shape index (κ3) is 3.08. The lowest BCUT2D eigenvalue weighted by Crippen LogP contribution is -1.99. The molecule has 0 fully saturated rings. The minimum Gasteiger partial charge on any atom is -0.508 e. The Morgan fingerprint density at radius 2 is 1.59 bits per heavy atom. The standard InChI is InChI=1S/C8H6O2.C6H6O/c9-8-5-6-3-1-2-4-7(6)10-8;7-6-4-2-1-3-5-6/h1-4H,5H2;1-5,7H. The summed E-state index contributed by atoms with van der Waals surface area (Å²) in [6, 6.07) is 16.2. The Morgan fingerprint density at radius 3 is 2.18 bits per heavy atom. The van der Waals surface area contributed by atoms with Gasteiger partial charge >= 0.3 is 5.97 Å². The van der Waals surface area contributed by atoms with Gasteiger partial charge < -0.3 is 9.84 Å². The van der Waals surface area contributed by atoms with Crippen LogP contribution in [0, 0.1) is 0 Å². The molecular formula is C14H12O3. The van der Waals surface area contributed by atoms with Crippen molar-refractivity contribution in [2.45, 2.75) is 6.42 Å². The van der Waals surface area contributed by atoms with E-state index in [1.54, 1.807) is 30.3 Å². The van der Waals surface area contributed by atoms with Gasteiger partial charge in [-0.1, -0.05) is 36.4 Å². The van der Waals surface area contributed by atoms with Gasteiger partial charge in [0.1, 0.15) is 11.5 Å². The predicted octanol–water partition coefficient (Wildman–Crippen LogP) is 2.54. The number of esters is 1. The van der Waals surface area contributed by atoms with Crippen LogP contribution in [0.2, 0.25) is 0 Å². The maximum absolute atomic E-state index is 10.7. The molecule has 3 nitrogen and oxygen atoms in total. The number of fused-ring (bicyclic) bond motifs is 1. The highest BCUT2D eigenvalue weighted by atomic mass is 16.5. The fraction of sp³-hybridized carbons (Fsp3) is 0.0714. The van der Waals surface area contributed by atoms with Crippen LogP contribution in [0.25, 0.3) is 0 Å². The second-order valence-corrected chi connectivity index (χ2v) is 3.59. The lowest BCUT2D eigenvalue weighted by atomic mass is 10.2. The quantitative estimate of drug-likeness (QED) is 0.556. The number of para-hydroxylation sites is 2. The Morgan fingerprint density at radius 1 is 0.941 bits per heavy atom. The zero-order chi connectivity index (χ0) is 12.1. The number of phenols is 1. The van der Waals surface area contributed by atoms with Crippen LogP contribution in [0.5, 0.6) is 11.5 Å². The van der Waals surface area contributed by atoms with Gasteiger partial charge in [-0.3, -0.25) is 4.79 Å². The van der Waals surface area contributed by atoms with Crippen molar-refractivity contribution in [1.82, 2.24) is 0 Å². The van der Waals surface area contributed by atoms with Crippen LogP contribution in [-0.2, 0) is 11.2 Å². The van der Waals surface area contributed by atoms with E-state index < -0.39 is 0 Å². The fourth-order valence-corrected chi connectivity index (χ4v) is 1.49. The maximum atomic E-state index is 10.7. The molecule has 1 N–H and O–H groups in total. The highest BCUT2D eigenvalue weighted by Crippen LogP contribution is 2.24. The topological polar surface area (TPSA) is 46.5 Å². The predicted molar refractivity (Wildman–Crippen MR) is 63.9 cm³/mol. The highest BCUT2D eigenvalue weighted by molar-refractivity contribution is 5.80. The summed E-state index contributed by atoms with van der Waals surface area (Å²) in [5.41, 5.74) is 0.993. The van der Waals surface area contributed by atoms with Crippen molar-refractivity contribution in [1.29, 1.82) is 0 Å². The Balaban J connectivity index is 0.000000136. The summed E-state index contributed by atoms with van der Waals surface area (Å²) in [7, 11) is 0. The Hall–Kier alpha value is -2.29. The smallest absolute Gasteiger partial charge is 0.315 e. The highest BCUT2D eigenvalue weighted by Gasteiger charge is 2.18. The first-order chi connectivity index (χ1) is 8.25. The number of aromatic hydroxyl groups is 1. The number of phenolic OH excluding ortho intramolecular Hbond substituents is 1. The second-order valence-electron chi connectivity index (χ2n) is 3.59. The van der Waals surface area contributed by atoms with Crippen LogP contribution < -0.4 is 4.74 Å². The van der Waals surface area contributed by atoms with Crippen LogP contribution in [-0.4, -0.2) is 11.1 Å². The van der Waals surface area contributed by atoms with E-state index in [1.165, 1.54) is 0 Å². The molecule has 1 heterocycles. The molecule has 1 aliphatic rings. The van der Waals surface area contributed by atoms with Crippen LogP contribution >= 0.6 is 0 Å². The molecule has 2 aromatic carbocycles. The SMILES string of the molecule is O=C1Cc2ccccc2O1.Oc1ccccc1. The molecule has 86 valence electrons. The van der Waals surface area contributed by atoms with Crippen molar-refractivity contribution in [3.8, 4) is 11.5 Å². The van der Waals surface area contributed by atoms with Gasteiger partial charge in [-0.25, -0.2) is 0 Å². The molecule has 0 unspecified atom stereocenters. The molecule has 0 spiro atoms. The van der Waals surface area contributed by atoms with Crippen LogP contribution in [0.1, 0.15) is 5.56 Å². The van der Waals surface area contributed by atoms with Gasteiger partial charge in [0.05, 0.1) is 6.42 Å². The third-order valence-corrected chi connectivity index (χ3v) is 2.29. The number of carbonyl (C=O) groups excluding carboxylic acids is 1. The average Bonchev–Trinajstić information content (AvgIpc) is 2.71. The largest absolute Gasteiger partial charge is 0.508 e. The van der Waals surface area contributed by atoms with E-state index in [9.17, 15) is 4.79 Å². The number of carbonyl (C=O) groups is 1. The first kappa shape index (κ1) is 11.2. The van der Waals surface area contributed by atoms with Crippen LogP contribution in [0.4, 0.5) is 0 Å². The molecule has 2 aromatic rings. The number of ether oxygens (including phenoxy) is 1. The van der Waals surface area contributed by atoms with Crippen molar-refractivity contribution in [3.63, 3.8) is 0 Å². The normalized spacial score (nSPS) is 12.1. The van der Waals surface area contributed by atoms with Gasteiger partial charge in [-0.05, 0) is 18.2 Å². The van der Waals surface area contributed by atoms with E-state index in [0.29, 0.717) is 17.9 Å². The molecule has 0 saturated heterocycles. The molecule has 0 aromatic heterocycles. The van der Waals surface area contributed by atoms with Crippen molar-refractivity contribution in [2.75, 3.05) is 0 Å². The first-order valence-corrected chi connectivity index (χ1v) is 5.28. The minimum atomic E-state index is -0.152. The van der Waals surface area contributed by atoms with Gasteiger partial charge in [0.2, 0.25) is 0 Å². The molecule has 3 heteroatoms. The van der Waals surface area contributed by atoms with E-state index in [0.717, 1.165) is 5.56 Å². The molecule has 0 atom stereocenters. The number of hydrogen-bond acceptors (Lipinski definition) is 3. The number of rotatable bonds is 0. The lowest BCUT2D eigenvalue weighted by molar-refractivity contribution is -0.131. The van der Waals surface area contributed by atoms with Gasteiger partial charge in [-0.15, -0.1) is 0 Å². The average molecular weight is 228 g/mol. The molecule has 3 rings (SSSR count). The van der Waals surface area contributed by atoms with Crippen molar-refractivity contribution in [3.05, 3.63) is 60.2 Å². The third-order valence-electron chi connectivity index (χ3n) is 2.29. The van der Waals surface area contributed by atoms with Crippen LogP contribution in [0.15, 0.2) is 54.6 Å². The first-order valence-electron chi connectivity index (χ1n) is 5.28. The molecule has 0 amide bonds. The molecule has 1 aliphatic heterocycles. The Bertz CT molecular complexity index is 479. The monoisotopic (exact) mass is 228 g/mol. The van der Waals surface area contributed by atoms with Crippen molar-refractivity contribution in [2.24, 2.45) is 0 Å². The summed E-state index contributed by atoms with van der Waals surface area (Å²) in [6.45, 7) is 0. The van der Waals surface area contributed by atoms with Gasteiger partial charge in [0.15, 0.2) is 0 Å². The molecule has 0 saturated carbocycles. The van der Waals surface area contributed by atoms with E-state index >= 15 is 0 Å². The molecular weight excluding hydrogens is 216 g/mol. The van der Waals surface area contributed by atoms with E-state index in [-0.39, 0.29) is 5.97 Å². The summed E-state index contributed by atoms with van der Waals surface area (Å²) in [5, 5.41) is 8.63. The van der Waals surface area contributed by atoms with E-state index in [1.807, 2.05) is 24.3 Å². The Labute approximate surface area is 99.3 Å². The molecule has 17 heavy (non-hydrogen) atoms. The summed E-state index contributed by atoms with van der Waals surface area (Å²) >= 11 is 0. The zero-order valence-electron chi connectivity index (χ0n) is 9.17. The van der Waals surface area contributed by atoms with Gasteiger partial charge in [0.25, 0.3) is 0 Å². The zero-order valence-corrected chi connectivity index (χ0v) is 9.17. The van der Waals surface area contributed by atoms with Gasteiger partial charge in [-0.2, -0.15) is 0 Å². The molecule has 0 bridgehead atoms. The Kier molecular flexibility index (Phi) is 3.40.